The van der Waals surface area contributed by atoms with Gasteiger partial charge >= 0.3 is 5.63 Å². The van der Waals surface area contributed by atoms with Gasteiger partial charge in [-0.05, 0) is 51.0 Å². The van der Waals surface area contributed by atoms with Crippen LogP contribution in [0.25, 0.3) is 0 Å². The number of nitrogens with one attached hydrogen (secondary N) is 1. The summed E-state index contributed by atoms with van der Waals surface area (Å²) in [4.78, 5) is 11.8. The van der Waals surface area contributed by atoms with E-state index in [0.717, 1.165) is 11.3 Å². The number of hydrazone groups is 1. The zero-order chi connectivity index (χ0) is 15.6. The minimum atomic E-state index is -0.601. The van der Waals surface area contributed by atoms with Gasteiger partial charge in [-0.1, -0.05) is 6.07 Å². The number of anilines is 1. The first-order valence-electron chi connectivity index (χ1n) is 6.60. The van der Waals surface area contributed by atoms with Gasteiger partial charge in [-0.15, -0.1) is 0 Å². The van der Waals surface area contributed by atoms with E-state index in [4.69, 9.17) is 4.42 Å². The number of hydrogen-bond donors (Lipinski definition) is 2. The first kappa shape index (κ1) is 14.8. The molecule has 0 amide bonds. The van der Waals surface area contributed by atoms with E-state index in [1.807, 2.05) is 32.0 Å². The van der Waals surface area contributed by atoms with Crippen LogP contribution in [-0.2, 0) is 0 Å². The SMILES string of the molecule is CC(=NNc1ccc(C)c(C)c1)c1c(O)cc(C)oc1=O. The number of nitrogens with zero attached hydrogens (tertiary/aromatic N) is 1. The number of benzene rings is 1. The van der Waals surface area contributed by atoms with Crippen LogP contribution >= 0.6 is 0 Å². The molecule has 0 spiro atoms. The van der Waals surface area contributed by atoms with Crippen molar-refractivity contribution in [2.45, 2.75) is 27.7 Å². The third kappa shape index (κ3) is 3.31. The largest absolute Gasteiger partial charge is 0.507 e. The maximum absolute atomic E-state index is 11.8. The van der Waals surface area contributed by atoms with Crippen LogP contribution in [0.2, 0.25) is 0 Å². The highest BCUT2D eigenvalue weighted by Gasteiger charge is 2.12. The molecule has 2 rings (SSSR count). The van der Waals surface area contributed by atoms with Crippen molar-refractivity contribution in [3.63, 3.8) is 0 Å². The van der Waals surface area contributed by atoms with E-state index in [9.17, 15) is 9.90 Å². The average molecular weight is 286 g/mol. The second-order valence-electron chi connectivity index (χ2n) is 5.01. The smallest absolute Gasteiger partial charge is 0.348 e. The summed E-state index contributed by atoms with van der Waals surface area (Å²) in [6.07, 6.45) is 0. The summed E-state index contributed by atoms with van der Waals surface area (Å²) in [6.45, 7) is 7.28. The van der Waals surface area contributed by atoms with Crippen LogP contribution in [0.5, 0.6) is 5.75 Å². The summed E-state index contributed by atoms with van der Waals surface area (Å²) in [5.41, 5.74) is 5.85. The summed E-state index contributed by atoms with van der Waals surface area (Å²) in [6, 6.07) is 7.24. The molecule has 5 heteroatoms. The molecule has 0 aliphatic carbocycles. The van der Waals surface area contributed by atoms with Crippen LogP contribution in [0.1, 0.15) is 29.4 Å². The van der Waals surface area contributed by atoms with E-state index in [1.54, 1.807) is 13.8 Å². The van der Waals surface area contributed by atoms with Crippen LogP contribution in [0.4, 0.5) is 5.69 Å². The van der Waals surface area contributed by atoms with Gasteiger partial charge in [0.2, 0.25) is 0 Å². The number of rotatable bonds is 3. The number of hydrogen-bond acceptors (Lipinski definition) is 5. The van der Waals surface area contributed by atoms with Gasteiger partial charge in [0, 0.05) is 6.07 Å². The summed E-state index contributed by atoms with van der Waals surface area (Å²) in [5, 5.41) is 14.0. The molecule has 0 radical (unpaired) electrons. The van der Waals surface area contributed by atoms with Crippen LogP contribution in [0.3, 0.4) is 0 Å². The maximum Gasteiger partial charge on any atom is 0.348 e. The lowest BCUT2D eigenvalue weighted by molar-refractivity contribution is 0.432. The van der Waals surface area contributed by atoms with Crippen LogP contribution in [-0.4, -0.2) is 10.8 Å². The lowest BCUT2D eigenvalue weighted by Gasteiger charge is -2.07. The first-order chi connectivity index (χ1) is 9.88. The Kier molecular flexibility index (Phi) is 4.12. The van der Waals surface area contributed by atoms with E-state index in [2.05, 4.69) is 10.5 Å². The lowest BCUT2D eigenvalue weighted by atomic mass is 10.1. The lowest BCUT2D eigenvalue weighted by Crippen LogP contribution is -2.14. The van der Waals surface area contributed by atoms with Gasteiger partial charge in [-0.25, -0.2) is 4.79 Å². The summed E-state index contributed by atoms with van der Waals surface area (Å²) < 4.78 is 4.97. The van der Waals surface area contributed by atoms with Crippen LogP contribution < -0.4 is 11.1 Å². The predicted octanol–water partition coefficient (Wildman–Crippen LogP) is 3.11. The Bertz CT molecular complexity index is 761. The van der Waals surface area contributed by atoms with Crippen molar-refractivity contribution >= 4 is 11.4 Å². The molecule has 1 aromatic heterocycles. The second-order valence-corrected chi connectivity index (χ2v) is 5.01. The Morgan fingerprint density at radius 2 is 1.90 bits per heavy atom. The number of aromatic hydroxyl groups is 1. The molecule has 5 nitrogen and oxygen atoms in total. The van der Waals surface area contributed by atoms with E-state index in [-0.39, 0.29) is 11.3 Å². The molecule has 0 atom stereocenters. The van der Waals surface area contributed by atoms with Gasteiger partial charge in [-0.3, -0.25) is 5.43 Å². The fourth-order valence-corrected chi connectivity index (χ4v) is 1.94. The molecular formula is C16H18N2O3. The molecule has 1 aromatic carbocycles. The quantitative estimate of drug-likeness (QED) is 0.671. The van der Waals surface area contributed by atoms with Crippen molar-refractivity contribution in [1.82, 2.24) is 0 Å². The average Bonchev–Trinajstić information content (AvgIpc) is 2.39. The highest BCUT2D eigenvalue weighted by molar-refractivity contribution is 6.00. The second kappa shape index (κ2) is 5.83. The van der Waals surface area contributed by atoms with Gasteiger partial charge in [0.1, 0.15) is 17.1 Å². The first-order valence-corrected chi connectivity index (χ1v) is 6.60. The molecule has 2 N–H and O–H groups in total. The van der Waals surface area contributed by atoms with Gasteiger partial charge < -0.3 is 9.52 Å². The topological polar surface area (TPSA) is 74.8 Å². The number of aryl methyl sites for hydroxylation is 3. The summed E-state index contributed by atoms with van der Waals surface area (Å²) >= 11 is 0. The van der Waals surface area contributed by atoms with Crippen molar-refractivity contribution < 1.29 is 9.52 Å². The molecule has 0 fully saturated rings. The molecule has 110 valence electrons. The van der Waals surface area contributed by atoms with Crippen LogP contribution in [0.15, 0.2) is 38.6 Å². The van der Waals surface area contributed by atoms with Crippen molar-refractivity contribution in [3.8, 4) is 5.75 Å². The van der Waals surface area contributed by atoms with Crippen molar-refractivity contribution in [3.05, 3.63) is 57.1 Å². The standard InChI is InChI=1S/C16H18N2O3/c1-9-5-6-13(7-10(9)2)18-17-12(4)15-14(19)8-11(3)21-16(15)20/h5-8,18-19H,1-4H3. The Balaban J connectivity index is 2.30. The summed E-state index contributed by atoms with van der Waals surface area (Å²) in [7, 11) is 0. The molecule has 1 heterocycles. The molecule has 0 aliphatic heterocycles. The molecule has 0 saturated heterocycles. The third-order valence-corrected chi connectivity index (χ3v) is 3.28. The Morgan fingerprint density at radius 1 is 1.19 bits per heavy atom. The highest BCUT2D eigenvalue weighted by atomic mass is 16.4. The van der Waals surface area contributed by atoms with Crippen molar-refractivity contribution in [2.75, 3.05) is 5.43 Å². The third-order valence-electron chi connectivity index (χ3n) is 3.28. The van der Waals surface area contributed by atoms with Gasteiger partial charge in [-0.2, -0.15) is 5.10 Å². The molecule has 0 saturated carbocycles. The Hall–Kier alpha value is -2.56. The molecule has 2 aromatic rings. The van der Waals surface area contributed by atoms with E-state index in [1.165, 1.54) is 11.6 Å². The minimum absolute atomic E-state index is 0.0666. The fourth-order valence-electron chi connectivity index (χ4n) is 1.94. The molecule has 0 unspecified atom stereocenters. The predicted molar refractivity (Wildman–Crippen MR) is 83.1 cm³/mol. The van der Waals surface area contributed by atoms with E-state index in [0.29, 0.717) is 11.5 Å². The Labute approximate surface area is 122 Å². The van der Waals surface area contributed by atoms with Gasteiger partial charge in [0.15, 0.2) is 0 Å². The van der Waals surface area contributed by atoms with E-state index < -0.39 is 5.63 Å². The fraction of sp³-hybridized carbons (Fsp3) is 0.250. The van der Waals surface area contributed by atoms with Gasteiger partial charge in [0.25, 0.3) is 0 Å². The monoisotopic (exact) mass is 286 g/mol. The minimum Gasteiger partial charge on any atom is -0.507 e. The summed E-state index contributed by atoms with van der Waals surface area (Å²) in [5.74, 6) is 0.225. The molecule has 21 heavy (non-hydrogen) atoms. The van der Waals surface area contributed by atoms with Crippen molar-refractivity contribution in [1.29, 1.82) is 0 Å². The zero-order valence-electron chi connectivity index (χ0n) is 12.5. The van der Waals surface area contributed by atoms with Crippen molar-refractivity contribution in [2.24, 2.45) is 5.10 Å². The molecule has 0 aliphatic rings. The maximum atomic E-state index is 11.8. The normalized spacial score (nSPS) is 11.5. The van der Waals surface area contributed by atoms with E-state index >= 15 is 0 Å². The molecular weight excluding hydrogens is 268 g/mol. The zero-order valence-corrected chi connectivity index (χ0v) is 12.5. The highest BCUT2D eigenvalue weighted by Crippen LogP contribution is 2.17. The van der Waals surface area contributed by atoms with Gasteiger partial charge in [0.05, 0.1) is 11.4 Å². The molecule has 0 bridgehead atoms. The van der Waals surface area contributed by atoms with Crippen LogP contribution in [0, 0.1) is 20.8 Å². The Morgan fingerprint density at radius 3 is 2.52 bits per heavy atom.